The number of rotatable bonds is 21. The first-order valence-corrected chi connectivity index (χ1v) is 13.9. The van der Waals surface area contributed by atoms with E-state index in [0.29, 0.717) is 0 Å². The molecule has 0 radical (unpaired) electrons. The second-order valence-corrected chi connectivity index (χ2v) is 10.6. The molecule has 12 N–H and O–H groups in total. The molecule has 0 heterocycles. The van der Waals surface area contributed by atoms with Gasteiger partial charge in [0, 0.05) is 24.3 Å². The highest BCUT2D eigenvalue weighted by Gasteiger charge is 2.25. The van der Waals surface area contributed by atoms with Crippen LogP contribution in [0.2, 0.25) is 0 Å². The van der Waals surface area contributed by atoms with Gasteiger partial charge in [-0.25, -0.2) is 0 Å². The number of nitrogens with two attached hydrogens (primary N) is 2. The minimum atomic E-state index is -1.34. The number of hydrogen-bond acceptors (Lipinski definition) is 12. The maximum absolute atomic E-state index is 12.4. The van der Waals surface area contributed by atoms with Crippen molar-refractivity contribution in [3.63, 3.8) is 0 Å². The fourth-order valence-electron chi connectivity index (χ4n) is 2.52. The van der Waals surface area contributed by atoms with Gasteiger partial charge in [-0.05, 0) is 12.8 Å². The van der Waals surface area contributed by atoms with Crippen LogP contribution in [-0.2, 0) is 38.4 Å². The molecule has 40 heavy (non-hydrogen) atoms. The summed E-state index contributed by atoms with van der Waals surface area (Å²) in [6, 6.07) is -5.16. The van der Waals surface area contributed by atoms with Crippen LogP contribution in [0.5, 0.6) is 0 Å². The predicted octanol–water partition coefficient (Wildman–Crippen LogP) is -3.88. The highest BCUT2D eigenvalue weighted by Crippen LogP contribution is 2.23. The lowest BCUT2D eigenvalue weighted by molar-refractivity contribution is -0.140. The lowest BCUT2D eigenvalue weighted by atomic mass is 10.1. The topological polar surface area (TPSA) is 318 Å². The summed E-state index contributed by atoms with van der Waals surface area (Å²) in [5.74, 6) is -8.81. The molecule has 18 nitrogen and oxygen atoms in total. The molecule has 0 aliphatic heterocycles. The van der Waals surface area contributed by atoms with Crippen molar-refractivity contribution >= 4 is 69.1 Å². The Bertz CT molecular complexity index is 879. The molecule has 20 heteroatoms. The van der Waals surface area contributed by atoms with Gasteiger partial charge in [0.05, 0.1) is 0 Å². The average molecular weight is 613 g/mol. The number of aliphatic carboxylic acids is 4. The lowest BCUT2D eigenvalue weighted by Crippen LogP contribution is -2.50. The Balaban J connectivity index is 5.18. The van der Waals surface area contributed by atoms with Crippen molar-refractivity contribution in [2.45, 2.75) is 49.9 Å². The molecule has 4 amide bonds. The Morgan fingerprint density at radius 3 is 1.20 bits per heavy atom. The van der Waals surface area contributed by atoms with Crippen molar-refractivity contribution in [2.75, 3.05) is 24.6 Å². The zero-order valence-corrected chi connectivity index (χ0v) is 22.6. The first-order chi connectivity index (χ1) is 18.6. The third kappa shape index (κ3) is 17.1. The quantitative estimate of drug-likeness (QED) is 0.0437. The normalized spacial score (nSPS) is 13.6. The van der Waals surface area contributed by atoms with E-state index in [4.69, 9.17) is 31.9 Å². The second kappa shape index (κ2) is 19.4. The molecule has 0 aromatic rings. The monoisotopic (exact) mass is 612 g/mol. The van der Waals surface area contributed by atoms with E-state index < -0.39 is 84.8 Å². The largest absolute Gasteiger partial charge is 0.480 e. The lowest BCUT2D eigenvalue weighted by Gasteiger charge is -2.20. The molecule has 0 bridgehead atoms. The Labute approximate surface area is 235 Å². The number of hydrogen-bond donors (Lipinski definition) is 10. The molecule has 0 fully saturated rings. The molecule has 0 rings (SSSR count). The van der Waals surface area contributed by atoms with Gasteiger partial charge in [-0.2, -0.15) is 0 Å². The van der Waals surface area contributed by atoms with E-state index in [1.165, 1.54) is 0 Å². The van der Waals surface area contributed by atoms with Gasteiger partial charge in [-0.3, -0.25) is 38.4 Å². The number of nitrogens with one attached hydrogen (secondary N) is 4. The molecule has 0 saturated heterocycles. The molecule has 0 spiro atoms. The summed E-state index contributed by atoms with van der Waals surface area (Å²) in [6.45, 7) is -1.48. The highest BCUT2D eigenvalue weighted by atomic mass is 33.1. The van der Waals surface area contributed by atoms with Crippen molar-refractivity contribution in [1.29, 1.82) is 0 Å². The van der Waals surface area contributed by atoms with Crippen LogP contribution < -0.4 is 32.7 Å². The molecule has 4 atom stereocenters. The van der Waals surface area contributed by atoms with Gasteiger partial charge in [-0.15, -0.1) is 0 Å². The molecular formula is C20H32N6O12S2. The average Bonchev–Trinajstić information content (AvgIpc) is 2.87. The van der Waals surface area contributed by atoms with E-state index >= 15 is 0 Å². The standard InChI is InChI=1S/C20H32N6O12S2/c21-9(19(35)36)1-3-13(27)25-11(17(33)23-5-15(29)30)7-39-40-8-12(18(34)24-6-16(31)32)26-14(28)4-2-10(22)20(37)38/h9-12H,1-8,21-22H2,(H,23,33)(H,24,34)(H,25,27)(H,26,28)(H,29,30)(H,31,32)(H,35,36)(H,37,38)/t9-,10-,11?,12?/m0/s1. The Kier molecular flexibility index (Phi) is 17.7. The number of carboxylic acids is 4. The fourth-order valence-corrected chi connectivity index (χ4v) is 4.85. The van der Waals surface area contributed by atoms with E-state index in [1.807, 2.05) is 0 Å². The summed E-state index contributed by atoms with van der Waals surface area (Å²) in [5.41, 5.74) is 10.7. The van der Waals surface area contributed by atoms with Crippen molar-refractivity contribution < 1.29 is 58.8 Å². The summed E-state index contributed by atoms with van der Waals surface area (Å²) in [7, 11) is 1.89. The molecule has 0 aliphatic carbocycles. The molecule has 0 saturated carbocycles. The second-order valence-electron chi connectivity index (χ2n) is 8.00. The summed E-state index contributed by atoms with van der Waals surface area (Å²) in [6.07, 6.45) is -1.12. The van der Waals surface area contributed by atoms with Crippen LogP contribution in [-0.4, -0.2) is 117 Å². The summed E-state index contributed by atoms with van der Waals surface area (Å²) < 4.78 is 0. The van der Waals surface area contributed by atoms with Gasteiger partial charge >= 0.3 is 23.9 Å². The smallest absolute Gasteiger partial charge is 0.322 e. The minimum Gasteiger partial charge on any atom is -0.480 e. The van der Waals surface area contributed by atoms with E-state index in [1.54, 1.807) is 0 Å². The number of carboxylic acid groups (broad SMARTS) is 4. The van der Waals surface area contributed by atoms with E-state index in [-0.39, 0.29) is 37.2 Å². The van der Waals surface area contributed by atoms with Crippen LogP contribution in [0.25, 0.3) is 0 Å². The number of carbonyl (C=O) groups excluding carboxylic acids is 4. The number of amides is 4. The van der Waals surface area contributed by atoms with Crippen LogP contribution in [0.4, 0.5) is 0 Å². The zero-order chi connectivity index (χ0) is 30.8. The fraction of sp³-hybridized carbons (Fsp3) is 0.600. The number of carbonyl (C=O) groups is 8. The van der Waals surface area contributed by atoms with Crippen molar-refractivity contribution in [3.05, 3.63) is 0 Å². The zero-order valence-electron chi connectivity index (χ0n) is 21.0. The molecule has 0 aromatic carbocycles. The van der Waals surface area contributed by atoms with Gasteiger partial charge in [0.1, 0.15) is 37.3 Å². The van der Waals surface area contributed by atoms with Crippen LogP contribution in [0.1, 0.15) is 25.7 Å². The van der Waals surface area contributed by atoms with Crippen molar-refractivity contribution in [2.24, 2.45) is 11.5 Å². The molecule has 0 aliphatic rings. The van der Waals surface area contributed by atoms with Crippen molar-refractivity contribution in [1.82, 2.24) is 21.3 Å². The summed E-state index contributed by atoms with van der Waals surface area (Å²) >= 11 is 0. The summed E-state index contributed by atoms with van der Waals surface area (Å²) in [4.78, 5) is 92.3. The first kappa shape index (κ1) is 36.4. The SMILES string of the molecule is N[C@@H](CCC(=O)NC(CSSCC(NC(=O)CC[C@H](N)C(=O)O)C(=O)NCC(=O)O)C(=O)NCC(=O)O)C(=O)O. The maximum Gasteiger partial charge on any atom is 0.322 e. The molecular weight excluding hydrogens is 580 g/mol. The van der Waals surface area contributed by atoms with Gasteiger partial charge < -0.3 is 53.2 Å². The van der Waals surface area contributed by atoms with Crippen LogP contribution in [0, 0.1) is 0 Å². The third-order valence-corrected chi connectivity index (χ3v) is 7.11. The predicted molar refractivity (Wildman–Crippen MR) is 140 cm³/mol. The van der Waals surface area contributed by atoms with Crippen LogP contribution in [0.3, 0.4) is 0 Å². The molecule has 0 aromatic heterocycles. The Hall–Kier alpha value is -3.62. The van der Waals surface area contributed by atoms with E-state index in [2.05, 4.69) is 21.3 Å². The molecule has 226 valence electrons. The maximum atomic E-state index is 12.4. The van der Waals surface area contributed by atoms with Crippen molar-refractivity contribution in [3.8, 4) is 0 Å². The summed E-state index contributed by atoms with van der Waals surface area (Å²) in [5, 5.41) is 44.1. The third-order valence-electron chi connectivity index (χ3n) is 4.68. The minimum absolute atomic E-state index is 0.155. The van der Waals surface area contributed by atoms with Crippen LogP contribution >= 0.6 is 21.6 Å². The Morgan fingerprint density at radius 1 is 0.600 bits per heavy atom. The van der Waals surface area contributed by atoms with Crippen LogP contribution in [0.15, 0.2) is 0 Å². The van der Waals surface area contributed by atoms with E-state index in [9.17, 15) is 38.4 Å². The van der Waals surface area contributed by atoms with Gasteiger partial charge in [0.25, 0.3) is 0 Å². The van der Waals surface area contributed by atoms with Gasteiger partial charge in [0.2, 0.25) is 23.6 Å². The van der Waals surface area contributed by atoms with Gasteiger partial charge in [0.15, 0.2) is 0 Å². The van der Waals surface area contributed by atoms with E-state index in [0.717, 1.165) is 21.6 Å². The molecule has 2 unspecified atom stereocenters. The first-order valence-electron chi connectivity index (χ1n) is 11.4. The Morgan fingerprint density at radius 2 is 0.925 bits per heavy atom. The van der Waals surface area contributed by atoms with Gasteiger partial charge in [-0.1, -0.05) is 21.6 Å². The highest BCUT2D eigenvalue weighted by molar-refractivity contribution is 8.76.